The molecule has 0 N–H and O–H groups in total. The van der Waals surface area contributed by atoms with Crippen LogP contribution in [-0.4, -0.2) is 13.5 Å². The van der Waals surface area contributed by atoms with Gasteiger partial charge in [0.1, 0.15) is 0 Å². The first-order valence-corrected chi connectivity index (χ1v) is 1.98. The summed E-state index contributed by atoms with van der Waals surface area (Å²) in [6, 6.07) is 0. The average Bonchev–Trinajstić information content (AvgIpc) is 1.61. The lowest BCUT2D eigenvalue weighted by atomic mass is 10.6. The molecule has 0 heterocycles. The van der Waals surface area contributed by atoms with E-state index in [1.54, 1.807) is 14.0 Å². The first-order chi connectivity index (χ1) is 3.27. The average molecular weight is 99.1 g/mol. The van der Waals surface area contributed by atoms with Gasteiger partial charge in [-0.25, -0.2) is 4.99 Å². The van der Waals surface area contributed by atoms with Crippen molar-refractivity contribution in [1.29, 1.82) is 0 Å². The SMILES string of the molecule is C=C(C)N=COC. The van der Waals surface area contributed by atoms with Gasteiger partial charge in [0, 0.05) is 5.70 Å². The molecule has 0 saturated heterocycles. The lowest BCUT2D eigenvalue weighted by Gasteiger charge is -1.83. The van der Waals surface area contributed by atoms with E-state index in [0.717, 1.165) is 5.70 Å². The summed E-state index contributed by atoms with van der Waals surface area (Å²) in [5, 5.41) is 0. The summed E-state index contributed by atoms with van der Waals surface area (Å²) in [4.78, 5) is 3.70. The van der Waals surface area contributed by atoms with Gasteiger partial charge in [-0.2, -0.15) is 0 Å². The third-order valence-corrected chi connectivity index (χ3v) is 0.379. The van der Waals surface area contributed by atoms with Gasteiger partial charge in [-0.15, -0.1) is 0 Å². The van der Waals surface area contributed by atoms with Gasteiger partial charge in [0.2, 0.25) is 0 Å². The minimum atomic E-state index is 0.752. The molecule has 0 aromatic carbocycles. The molecule has 0 amide bonds. The fourth-order valence-electron chi connectivity index (χ4n) is 0.143. The van der Waals surface area contributed by atoms with Crippen molar-refractivity contribution < 1.29 is 4.74 Å². The zero-order chi connectivity index (χ0) is 5.70. The number of allylic oxidation sites excluding steroid dienone is 1. The van der Waals surface area contributed by atoms with Crippen molar-refractivity contribution in [3.8, 4) is 0 Å². The van der Waals surface area contributed by atoms with Crippen LogP contribution in [0, 0.1) is 0 Å². The van der Waals surface area contributed by atoms with Crippen LogP contribution in [0.15, 0.2) is 17.3 Å². The van der Waals surface area contributed by atoms with Crippen LogP contribution in [0.2, 0.25) is 0 Å². The van der Waals surface area contributed by atoms with Crippen molar-refractivity contribution in [3.63, 3.8) is 0 Å². The molecule has 0 unspecified atom stereocenters. The standard InChI is InChI=1S/C5H9NO/c1-5(2)6-4-7-3/h4H,1H2,2-3H3. The fraction of sp³-hybridized carbons (Fsp3) is 0.400. The number of methoxy groups -OCH3 is 1. The molecular weight excluding hydrogens is 90.1 g/mol. The van der Waals surface area contributed by atoms with Gasteiger partial charge in [-0.05, 0) is 6.92 Å². The number of aliphatic imine (C=N–C) groups is 1. The second kappa shape index (κ2) is 3.40. The largest absolute Gasteiger partial charge is 0.486 e. The Hall–Kier alpha value is -0.790. The topological polar surface area (TPSA) is 21.6 Å². The summed E-state index contributed by atoms with van der Waals surface area (Å²) in [5.41, 5.74) is 0.752. The Morgan fingerprint density at radius 2 is 2.43 bits per heavy atom. The number of nitrogens with zero attached hydrogens (tertiary/aromatic N) is 1. The molecule has 0 fully saturated rings. The van der Waals surface area contributed by atoms with E-state index in [-0.39, 0.29) is 0 Å². The van der Waals surface area contributed by atoms with Crippen LogP contribution in [0.25, 0.3) is 0 Å². The van der Waals surface area contributed by atoms with Crippen LogP contribution < -0.4 is 0 Å². The fourth-order valence-corrected chi connectivity index (χ4v) is 0.143. The van der Waals surface area contributed by atoms with Gasteiger partial charge in [-0.1, -0.05) is 6.58 Å². The second-order valence-corrected chi connectivity index (χ2v) is 1.21. The van der Waals surface area contributed by atoms with Crippen LogP contribution in [0.1, 0.15) is 6.92 Å². The summed E-state index contributed by atoms with van der Waals surface area (Å²) >= 11 is 0. The third-order valence-electron chi connectivity index (χ3n) is 0.379. The molecule has 0 aliphatic carbocycles. The highest BCUT2D eigenvalue weighted by atomic mass is 16.5. The molecule has 0 aliphatic rings. The van der Waals surface area contributed by atoms with Crippen molar-refractivity contribution in [2.75, 3.05) is 7.11 Å². The predicted molar refractivity (Wildman–Crippen MR) is 30.3 cm³/mol. The quantitative estimate of drug-likeness (QED) is 0.376. The molecule has 0 saturated carbocycles. The molecule has 2 heteroatoms. The van der Waals surface area contributed by atoms with Crippen molar-refractivity contribution >= 4 is 6.40 Å². The highest BCUT2D eigenvalue weighted by Crippen LogP contribution is 1.83. The first kappa shape index (κ1) is 6.21. The summed E-state index contributed by atoms with van der Waals surface area (Å²) < 4.78 is 4.50. The summed E-state index contributed by atoms with van der Waals surface area (Å²) in [6.07, 6.45) is 1.35. The normalized spacial score (nSPS) is 9.43. The third kappa shape index (κ3) is 5.21. The van der Waals surface area contributed by atoms with Crippen LogP contribution in [0.5, 0.6) is 0 Å². The molecule has 0 radical (unpaired) electrons. The Labute approximate surface area is 43.5 Å². The maximum absolute atomic E-state index is 4.50. The molecule has 2 nitrogen and oxygen atoms in total. The van der Waals surface area contributed by atoms with Gasteiger partial charge in [0.15, 0.2) is 6.40 Å². The van der Waals surface area contributed by atoms with Crippen molar-refractivity contribution in [2.45, 2.75) is 6.92 Å². The number of ether oxygens (including phenoxy) is 1. The maximum atomic E-state index is 4.50. The Balaban J connectivity index is 3.26. The van der Waals surface area contributed by atoms with E-state index in [1.807, 2.05) is 0 Å². The highest BCUT2D eigenvalue weighted by molar-refractivity contribution is 5.47. The molecule has 0 aromatic heterocycles. The highest BCUT2D eigenvalue weighted by Gasteiger charge is 1.68. The van der Waals surface area contributed by atoms with Gasteiger partial charge in [0.25, 0.3) is 0 Å². The summed E-state index contributed by atoms with van der Waals surface area (Å²) in [6.45, 7) is 5.32. The molecule has 40 valence electrons. The lowest BCUT2D eigenvalue weighted by Crippen LogP contribution is -1.74. The monoisotopic (exact) mass is 99.1 g/mol. The Morgan fingerprint density at radius 3 is 2.57 bits per heavy atom. The van der Waals surface area contributed by atoms with Crippen LogP contribution in [0.4, 0.5) is 0 Å². The zero-order valence-electron chi connectivity index (χ0n) is 4.64. The van der Waals surface area contributed by atoms with Crippen molar-refractivity contribution in [3.05, 3.63) is 12.3 Å². The van der Waals surface area contributed by atoms with E-state index >= 15 is 0 Å². The Kier molecular flexibility index (Phi) is 3.02. The van der Waals surface area contributed by atoms with E-state index in [2.05, 4.69) is 16.3 Å². The second-order valence-electron chi connectivity index (χ2n) is 1.21. The Bertz CT molecular complexity index is 86.1. The van der Waals surface area contributed by atoms with Gasteiger partial charge < -0.3 is 4.74 Å². The van der Waals surface area contributed by atoms with Crippen LogP contribution in [-0.2, 0) is 4.74 Å². The number of hydrogen-bond acceptors (Lipinski definition) is 2. The minimum absolute atomic E-state index is 0.752. The molecule has 0 spiro atoms. The smallest absolute Gasteiger partial charge is 0.173 e. The first-order valence-electron chi connectivity index (χ1n) is 1.98. The molecule has 0 bridgehead atoms. The minimum Gasteiger partial charge on any atom is -0.486 e. The van der Waals surface area contributed by atoms with Crippen LogP contribution in [0.3, 0.4) is 0 Å². The van der Waals surface area contributed by atoms with E-state index in [4.69, 9.17) is 0 Å². The van der Waals surface area contributed by atoms with Crippen molar-refractivity contribution in [1.82, 2.24) is 0 Å². The summed E-state index contributed by atoms with van der Waals surface area (Å²) in [5.74, 6) is 0. The molecule has 0 atom stereocenters. The van der Waals surface area contributed by atoms with Crippen molar-refractivity contribution in [2.24, 2.45) is 4.99 Å². The zero-order valence-corrected chi connectivity index (χ0v) is 4.64. The van der Waals surface area contributed by atoms with Gasteiger partial charge in [-0.3, -0.25) is 0 Å². The maximum Gasteiger partial charge on any atom is 0.173 e. The van der Waals surface area contributed by atoms with E-state index < -0.39 is 0 Å². The van der Waals surface area contributed by atoms with Gasteiger partial charge in [0.05, 0.1) is 7.11 Å². The predicted octanol–water partition coefficient (Wildman–Crippen LogP) is 1.19. The molecule has 7 heavy (non-hydrogen) atoms. The summed E-state index contributed by atoms with van der Waals surface area (Å²) in [7, 11) is 1.55. The molecule has 0 aliphatic heterocycles. The van der Waals surface area contributed by atoms with Crippen LogP contribution >= 0.6 is 0 Å². The Morgan fingerprint density at radius 1 is 1.86 bits per heavy atom. The van der Waals surface area contributed by atoms with E-state index in [0.29, 0.717) is 0 Å². The molecule has 0 aromatic rings. The van der Waals surface area contributed by atoms with E-state index in [9.17, 15) is 0 Å². The van der Waals surface area contributed by atoms with Gasteiger partial charge >= 0.3 is 0 Å². The molecular formula is C5H9NO. The number of hydrogen-bond donors (Lipinski definition) is 0. The van der Waals surface area contributed by atoms with E-state index in [1.165, 1.54) is 6.40 Å². The lowest BCUT2D eigenvalue weighted by molar-refractivity contribution is 0.422. The molecule has 0 rings (SSSR count). The number of rotatable bonds is 2.